The second kappa shape index (κ2) is 9.38. The van der Waals surface area contributed by atoms with Gasteiger partial charge in [-0.05, 0) is 24.5 Å². The number of fused-ring (bicyclic) bond motifs is 1. The van der Waals surface area contributed by atoms with Gasteiger partial charge in [-0.1, -0.05) is 26.0 Å². The van der Waals surface area contributed by atoms with Crippen LogP contribution >= 0.6 is 0 Å². The zero-order chi connectivity index (χ0) is 20.0. The summed E-state index contributed by atoms with van der Waals surface area (Å²) < 4.78 is 5.22. The normalized spacial score (nSPS) is 18.8. The molecule has 0 spiro atoms. The number of carbonyl (C=O) groups is 4. The van der Waals surface area contributed by atoms with Crippen LogP contribution in [0.25, 0.3) is 0 Å². The molecule has 0 saturated carbocycles. The fourth-order valence-corrected chi connectivity index (χ4v) is 3.14. The average molecular weight is 376 g/mol. The maximum atomic E-state index is 12.8. The van der Waals surface area contributed by atoms with Gasteiger partial charge >= 0.3 is 0 Å². The molecule has 2 aliphatic heterocycles. The van der Waals surface area contributed by atoms with Crippen molar-refractivity contribution >= 4 is 23.6 Å². The number of amides is 4. The molecule has 0 bridgehead atoms. The molecule has 3 rings (SSSR count). The van der Waals surface area contributed by atoms with E-state index in [1.54, 1.807) is 18.2 Å². The fourth-order valence-electron chi connectivity index (χ4n) is 3.14. The highest BCUT2D eigenvalue weighted by atomic mass is 16.5. The molecule has 2 N–H and O–H groups in total. The zero-order valence-corrected chi connectivity index (χ0v) is 15.5. The van der Waals surface area contributed by atoms with Gasteiger partial charge in [-0.3, -0.25) is 29.4 Å². The Labute approximate surface area is 157 Å². The van der Waals surface area contributed by atoms with Gasteiger partial charge < -0.3 is 9.84 Å². The zero-order valence-electron chi connectivity index (χ0n) is 15.5. The van der Waals surface area contributed by atoms with Crippen molar-refractivity contribution in [1.29, 1.82) is 0 Å². The summed E-state index contributed by atoms with van der Waals surface area (Å²) in [6.07, 6.45) is 0.627. The molecule has 0 aromatic heterocycles. The monoisotopic (exact) mass is 376 g/mol. The Hall–Kier alpha value is -2.58. The van der Waals surface area contributed by atoms with Crippen LogP contribution in [0.2, 0.25) is 0 Å². The molecule has 2 heterocycles. The minimum atomic E-state index is -0.969. The van der Waals surface area contributed by atoms with Crippen LogP contribution in [0.1, 0.15) is 53.0 Å². The van der Waals surface area contributed by atoms with Gasteiger partial charge in [0.15, 0.2) is 0 Å². The molecular weight excluding hydrogens is 352 g/mol. The number of rotatable bonds is 6. The molecule has 0 aliphatic carbocycles. The number of carbonyl (C=O) groups excluding carboxylic acids is 4. The predicted molar refractivity (Wildman–Crippen MR) is 96.1 cm³/mol. The van der Waals surface area contributed by atoms with E-state index in [4.69, 9.17) is 9.84 Å². The molecule has 8 heteroatoms. The van der Waals surface area contributed by atoms with E-state index >= 15 is 0 Å². The third kappa shape index (κ3) is 4.23. The second-order valence-electron chi connectivity index (χ2n) is 5.87. The van der Waals surface area contributed by atoms with Crippen molar-refractivity contribution in [2.75, 3.05) is 19.8 Å². The van der Waals surface area contributed by atoms with E-state index in [0.717, 1.165) is 4.90 Å². The number of piperidine rings is 1. The van der Waals surface area contributed by atoms with Crippen LogP contribution in [0.4, 0.5) is 0 Å². The first-order valence-corrected chi connectivity index (χ1v) is 9.06. The standard InChI is InChI=1S/C17H18N2O6.C2H6/c20-7-9-25-8-6-10-2-1-3-11-14(10)17(24)19(16(11)23)12-4-5-13(21)18-15(12)22;1-2/h1-3,12,20H,4-9H2,(H,18,21,22);1-2H3. The van der Waals surface area contributed by atoms with Crippen molar-refractivity contribution in [3.8, 4) is 0 Å². The van der Waals surface area contributed by atoms with Crippen LogP contribution in [0.5, 0.6) is 0 Å². The van der Waals surface area contributed by atoms with E-state index in [9.17, 15) is 19.2 Å². The number of imide groups is 2. The lowest BCUT2D eigenvalue weighted by Gasteiger charge is -2.27. The smallest absolute Gasteiger partial charge is 0.262 e. The lowest BCUT2D eigenvalue weighted by atomic mass is 10.0. The van der Waals surface area contributed by atoms with Crippen LogP contribution in [-0.2, 0) is 20.7 Å². The Morgan fingerprint density at radius 3 is 2.56 bits per heavy atom. The van der Waals surface area contributed by atoms with Gasteiger partial charge in [0.1, 0.15) is 6.04 Å². The molecule has 27 heavy (non-hydrogen) atoms. The first-order valence-electron chi connectivity index (χ1n) is 9.06. The Morgan fingerprint density at radius 1 is 1.15 bits per heavy atom. The number of nitrogens with one attached hydrogen (secondary N) is 1. The van der Waals surface area contributed by atoms with Crippen LogP contribution in [0.3, 0.4) is 0 Å². The number of hydrogen-bond acceptors (Lipinski definition) is 6. The Kier molecular flexibility index (Phi) is 7.20. The summed E-state index contributed by atoms with van der Waals surface area (Å²) in [5.74, 6) is -2.07. The largest absolute Gasteiger partial charge is 0.394 e. The molecule has 1 atom stereocenters. The number of hydrogen-bond donors (Lipinski definition) is 2. The van der Waals surface area contributed by atoms with Crippen molar-refractivity contribution in [2.45, 2.75) is 39.2 Å². The molecule has 1 aromatic carbocycles. The molecule has 1 fully saturated rings. The molecule has 1 aromatic rings. The molecule has 1 saturated heterocycles. The van der Waals surface area contributed by atoms with E-state index in [2.05, 4.69) is 5.32 Å². The van der Waals surface area contributed by atoms with Gasteiger partial charge in [0.2, 0.25) is 11.8 Å². The molecule has 146 valence electrons. The molecule has 1 unspecified atom stereocenters. The first kappa shape index (κ1) is 20.7. The number of benzene rings is 1. The summed E-state index contributed by atoms with van der Waals surface area (Å²) in [7, 11) is 0. The van der Waals surface area contributed by atoms with Crippen molar-refractivity contribution in [3.05, 3.63) is 34.9 Å². The Balaban J connectivity index is 0.00000126. The van der Waals surface area contributed by atoms with E-state index < -0.39 is 29.7 Å². The van der Waals surface area contributed by atoms with Gasteiger partial charge in [0, 0.05) is 6.42 Å². The van der Waals surface area contributed by atoms with Crippen LogP contribution in [-0.4, -0.2) is 59.5 Å². The van der Waals surface area contributed by atoms with Gasteiger partial charge in [0.25, 0.3) is 11.8 Å². The summed E-state index contributed by atoms with van der Waals surface area (Å²) in [5, 5.41) is 10.9. The summed E-state index contributed by atoms with van der Waals surface area (Å²) in [6, 6.07) is 4.00. The SMILES string of the molecule is CC.O=C1CCC(N2C(=O)c3cccc(CCOCCO)c3C2=O)C(=O)N1. The van der Waals surface area contributed by atoms with E-state index in [1.165, 1.54) is 0 Å². The van der Waals surface area contributed by atoms with Crippen molar-refractivity contribution in [2.24, 2.45) is 0 Å². The van der Waals surface area contributed by atoms with Crippen LogP contribution < -0.4 is 5.32 Å². The van der Waals surface area contributed by atoms with Crippen LogP contribution in [0, 0.1) is 0 Å². The number of nitrogens with zero attached hydrogens (tertiary/aromatic N) is 1. The minimum absolute atomic E-state index is 0.0890. The number of ether oxygens (including phenoxy) is 1. The van der Waals surface area contributed by atoms with Gasteiger partial charge in [-0.2, -0.15) is 0 Å². The van der Waals surface area contributed by atoms with Gasteiger partial charge in [-0.25, -0.2) is 0 Å². The summed E-state index contributed by atoms with van der Waals surface area (Å²) >= 11 is 0. The van der Waals surface area contributed by atoms with Crippen molar-refractivity contribution in [3.63, 3.8) is 0 Å². The number of aliphatic hydroxyl groups is 1. The Bertz CT molecular complexity index is 746. The van der Waals surface area contributed by atoms with E-state index in [0.29, 0.717) is 18.6 Å². The highest BCUT2D eigenvalue weighted by molar-refractivity contribution is 6.24. The van der Waals surface area contributed by atoms with Crippen LogP contribution in [0.15, 0.2) is 18.2 Å². The maximum Gasteiger partial charge on any atom is 0.262 e. The maximum absolute atomic E-state index is 12.8. The second-order valence-corrected chi connectivity index (χ2v) is 5.87. The van der Waals surface area contributed by atoms with Crippen molar-refractivity contribution in [1.82, 2.24) is 10.2 Å². The fraction of sp³-hybridized carbons (Fsp3) is 0.474. The van der Waals surface area contributed by atoms with E-state index in [1.807, 2.05) is 13.8 Å². The summed E-state index contributed by atoms with van der Waals surface area (Å²) in [5.41, 5.74) is 1.20. The molecule has 2 aliphatic rings. The highest BCUT2D eigenvalue weighted by Crippen LogP contribution is 2.30. The lowest BCUT2D eigenvalue weighted by Crippen LogP contribution is -2.54. The minimum Gasteiger partial charge on any atom is -0.394 e. The van der Waals surface area contributed by atoms with Gasteiger partial charge in [-0.15, -0.1) is 0 Å². The Morgan fingerprint density at radius 2 is 1.89 bits per heavy atom. The third-order valence-corrected chi connectivity index (χ3v) is 4.31. The predicted octanol–water partition coefficient (Wildman–Crippen LogP) is 0.665. The molecule has 8 nitrogen and oxygen atoms in total. The molecule has 4 amide bonds. The molecular formula is C19H24N2O6. The number of aliphatic hydroxyl groups excluding tert-OH is 1. The quantitative estimate of drug-likeness (QED) is 0.557. The van der Waals surface area contributed by atoms with Crippen molar-refractivity contribution < 1.29 is 29.0 Å². The van der Waals surface area contributed by atoms with E-state index in [-0.39, 0.29) is 37.2 Å². The third-order valence-electron chi connectivity index (χ3n) is 4.31. The first-order chi connectivity index (χ1) is 13.0. The lowest BCUT2D eigenvalue weighted by molar-refractivity contribution is -0.136. The summed E-state index contributed by atoms with van der Waals surface area (Å²) in [4.78, 5) is 49.7. The topological polar surface area (TPSA) is 113 Å². The van der Waals surface area contributed by atoms with Gasteiger partial charge in [0.05, 0.1) is 30.9 Å². The summed E-state index contributed by atoms with van der Waals surface area (Å²) in [6.45, 7) is 4.41. The average Bonchev–Trinajstić information content (AvgIpc) is 2.92. The molecule has 0 radical (unpaired) electrons. The highest BCUT2D eigenvalue weighted by Gasteiger charge is 2.45.